The van der Waals surface area contributed by atoms with Crippen LogP contribution in [0, 0.1) is 0 Å². The van der Waals surface area contributed by atoms with Gasteiger partial charge in [0.1, 0.15) is 0 Å². The van der Waals surface area contributed by atoms with Gasteiger partial charge in [0.2, 0.25) is 0 Å². The van der Waals surface area contributed by atoms with Crippen LogP contribution in [0.2, 0.25) is 0 Å². The van der Waals surface area contributed by atoms with Gasteiger partial charge in [-0.25, -0.2) is 0 Å². The Morgan fingerprint density at radius 1 is 1.26 bits per heavy atom. The molecule has 4 nitrogen and oxygen atoms in total. The third kappa shape index (κ3) is 4.33. The molecule has 0 saturated carbocycles. The molecule has 2 rings (SSSR count). The number of carbonyl (C=O) groups excluding carboxylic acids is 1. The molecule has 104 valence electrons. The van der Waals surface area contributed by atoms with Crippen molar-refractivity contribution in [3.63, 3.8) is 0 Å². The highest BCUT2D eigenvalue weighted by atomic mass is 16.5. The summed E-state index contributed by atoms with van der Waals surface area (Å²) in [4.78, 5) is 16.3. The number of benzene rings is 1. The van der Waals surface area contributed by atoms with Crippen molar-refractivity contribution < 1.29 is 9.53 Å². The summed E-state index contributed by atoms with van der Waals surface area (Å²) < 4.78 is 5.32. The molecule has 1 saturated heterocycles. The fourth-order valence-corrected chi connectivity index (χ4v) is 2.26. The zero-order chi connectivity index (χ0) is 13.5. The van der Waals surface area contributed by atoms with E-state index >= 15 is 0 Å². The van der Waals surface area contributed by atoms with Gasteiger partial charge in [0, 0.05) is 38.8 Å². The summed E-state index contributed by atoms with van der Waals surface area (Å²) >= 11 is 0. The molecule has 1 amide bonds. The van der Waals surface area contributed by atoms with Crippen LogP contribution in [0.1, 0.15) is 16.8 Å². The summed E-state index contributed by atoms with van der Waals surface area (Å²) in [6.07, 6.45) is 1.01. The van der Waals surface area contributed by atoms with E-state index in [0.29, 0.717) is 0 Å². The molecule has 1 aromatic rings. The maximum Gasteiger partial charge on any atom is 0.253 e. The average Bonchev–Trinajstić information content (AvgIpc) is 2.48. The first kappa shape index (κ1) is 14.0. The van der Waals surface area contributed by atoms with E-state index in [1.807, 2.05) is 37.4 Å². The SMILES string of the molecule is CN(CCCN1CCOCC1)C(=O)c1ccccc1. The fourth-order valence-electron chi connectivity index (χ4n) is 2.26. The van der Waals surface area contributed by atoms with Crippen molar-refractivity contribution in [2.75, 3.05) is 46.4 Å². The van der Waals surface area contributed by atoms with Crippen LogP contribution in [-0.2, 0) is 4.74 Å². The molecular formula is C15H22N2O2. The van der Waals surface area contributed by atoms with E-state index in [0.717, 1.165) is 51.4 Å². The van der Waals surface area contributed by atoms with Gasteiger partial charge < -0.3 is 9.64 Å². The van der Waals surface area contributed by atoms with Crippen LogP contribution in [0.15, 0.2) is 30.3 Å². The van der Waals surface area contributed by atoms with Crippen molar-refractivity contribution in [3.05, 3.63) is 35.9 Å². The molecule has 0 unspecified atom stereocenters. The molecule has 0 bridgehead atoms. The number of hydrogen-bond acceptors (Lipinski definition) is 3. The third-order valence-corrected chi connectivity index (χ3v) is 3.44. The van der Waals surface area contributed by atoms with Crippen molar-refractivity contribution in [2.45, 2.75) is 6.42 Å². The van der Waals surface area contributed by atoms with E-state index in [4.69, 9.17) is 4.74 Å². The number of rotatable bonds is 5. The maximum atomic E-state index is 12.1. The Labute approximate surface area is 115 Å². The van der Waals surface area contributed by atoms with Crippen molar-refractivity contribution in [1.29, 1.82) is 0 Å². The van der Waals surface area contributed by atoms with Crippen molar-refractivity contribution in [1.82, 2.24) is 9.80 Å². The first-order valence-electron chi connectivity index (χ1n) is 6.88. The van der Waals surface area contributed by atoms with Gasteiger partial charge in [-0.05, 0) is 18.6 Å². The first-order chi connectivity index (χ1) is 9.27. The minimum absolute atomic E-state index is 0.0996. The van der Waals surface area contributed by atoms with E-state index < -0.39 is 0 Å². The molecule has 0 aliphatic carbocycles. The Kier molecular flexibility index (Phi) is 5.36. The second-order valence-corrected chi connectivity index (χ2v) is 4.90. The van der Waals surface area contributed by atoms with Crippen LogP contribution in [0.3, 0.4) is 0 Å². The normalized spacial score (nSPS) is 16.3. The summed E-state index contributed by atoms with van der Waals surface area (Å²) in [5.41, 5.74) is 0.761. The molecule has 1 aliphatic rings. The highest BCUT2D eigenvalue weighted by Gasteiger charge is 2.13. The number of nitrogens with zero attached hydrogens (tertiary/aromatic N) is 2. The summed E-state index contributed by atoms with van der Waals surface area (Å²) in [5, 5.41) is 0. The van der Waals surface area contributed by atoms with Crippen molar-refractivity contribution in [3.8, 4) is 0 Å². The summed E-state index contributed by atoms with van der Waals surface area (Å²) in [7, 11) is 1.87. The van der Waals surface area contributed by atoms with E-state index in [-0.39, 0.29) is 5.91 Å². The number of ether oxygens (including phenoxy) is 1. The lowest BCUT2D eigenvalue weighted by atomic mass is 10.2. The smallest absolute Gasteiger partial charge is 0.253 e. The van der Waals surface area contributed by atoms with Gasteiger partial charge in [-0.1, -0.05) is 18.2 Å². The minimum Gasteiger partial charge on any atom is -0.379 e. The second kappa shape index (κ2) is 7.26. The molecule has 0 N–H and O–H groups in total. The predicted molar refractivity (Wildman–Crippen MR) is 75.3 cm³/mol. The monoisotopic (exact) mass is 262 g/mol. The molecule has 1 heterocycles. The molecule has 1 aromatic carbocycles. The second-order valence-electron chi connectivity index (χ2n) is 4.90. The van der Waals surface area contributed by atoms with Crippen molar-refractivity contribution in [2.24, 2.45) is 0 Å². The molecule has 19 heavy (non-hydrogen) atoms. The van der Waals surface area contributed by atoms with Crippen LogP contribution in [-0.4, -0.2) is 62.1 Å². The third-order valence-electron chi connectivity index (χ3n) is 3.44. The molecule has 0 atom stereocenters. The largest absolute Gasteiger partial charge is 0.379 e. The van der Waals surface area contributed by atoms with Crippen LogP contribution >= 0.6 is 0 Å². The number of amides is 1. The van der Waals surface area contributed by atoms with Gasteiger partial charge in [0.25, 0.3) is 5.91 Å². The highest BCUT2D eigenvalue weighted by Crippen LogP contribution is 2.04. The Hall–Kier alpha value is -1.39. The topological polar surface area (TPSA) is 32.8 Å². The van der Waals surface area contributed by atoms with Gasteiger partial charge in [-0.3, -0.25) is 9.69 Å². The standard InChI is InChI=1S/C15H22N2O2/c1-16(15(18)14-6-3-2-4-7-14)8-5-9-17-10-12-19-13-11-17/h2-4,6-7H,5,8-13H2,1H3. The van der Waals surface area contributed by atoms with Crippen LogP contribution in [0.5, 0.6) is 0 Å². The Balaban J connectivity index is 1.72. The van der Waals surface area contributed by atoms with Gasteiger partial charge in [-0.15, -0.1) is 0 Å². The predicted octanol–water partition coefficient (Wildman–Crippen LogP) is 1.48. The minimum atomic E-state index is 0.0996. The average molecular weight is 262 g/mol. The van der Waals surface area contributed by atoms with E-state index in [9.17, 15) is 4.79 Å². The van der Waals surface area contributed by atoms with E-state index in [2.05, 4.69) is 4.90 Å². The lowest BCUT2D eigenvalue weighted by Gasteiger charge is -2.27. The van der Waals surface area contributed by atoms with Crippen LogP contribution < -0.4 is 0 Å². The summed E-state index contributed by atoms with van der Waals surface area (Å²) in [5.74, 6) is 0.0996. The molecule has 1 fully saturated rings. The van der Waals surface area contributed by atoms with E-state index in [1.165, 1.54) is 0 Å². The quantitative estimate of drug-likeness (QED) is 0.806. The van der Waals surface area contributed by atoms with Crippen LogP contribution in [0.25, 0.3) is 0 Å². The fraction of sp³-hybridized carbons (Fsp3) is 0.533. The Morgan fingerprint density at radius 2 is 1.95 bits per heavy atom. The number of hydrogen-bond donors (Lipinski definition) is 0. The Bertz CT molecular complexity index is 388. The van der Waals surface area contributed by atoms with Crippen molar-refractivity contribution >= 4 is 5.91 Å². The summed E-state index contributed by atoms with van der Waals surface area (Å²) in [6.45, 7) is 5.52. The lowest BCUT2D eigenvalue weighted by Crippen LogP contribution is -2.38. The van der Waals surface area contributed by atoms with Crippen LogP contribution in [0.4, 0.5) is 0 Å². The number of carbonyl (C=O) groups is 1. The van der Waals surface area contributed by atoms with Gasteiger partial charge in [0.05, 0.1) is 13.2 Å². The highest BCUT2D eigenvalue weighted by molar-refractivity contribution is 5.93. The van der Waals surface area contributed by atoms with Gasteiger partial charge >= 0.3 is 0 Å². The summed E-state index contributed by atoms with van der Waals surface area (Å²) in [6, 6.07) is 9.44. The zero-order valence-electron chi connectivity index (χ0n) is 11.5. The van der Waals surface area contributed by atoms with E-state index in [1.54, 1.807) is 4.90 Å². The molecular weight excluding hydrogens is 240 g/mol. The number of morpholine rings is 1. The maximum absolute atomic E-state index is 12.1. The molecule has 0 spiro atoms. The lowest BCUT2D eigenvalue weighted by molar-refractivity contribution is 0.0361. The zero-order valence-corrected chi connectivity index (χ0v) is 11.5. The van der Waals surface area contributed by atoms with Gasteiger partial charge in [-0.2, -0.15) is 0 Å². The molecule has 4 heteroatoms. The Morgan fingerprint density at radius 3 is 2.63 bits per heavy atom. The first-order valence-corrected chi connectivity index (χ1v) is 6.88. The molecule has 0 aromatic heterocycles. The molecule has 0 radical (unpaired) electrons. The molecule has 1 aliphatic heterocycles. The van der Waals surface area contributed by atoms with Gasteiger partial charge in [0.15, 0.2) is 0 Å².